The zero-order valence-electron chi connectivity index (χ0n) is 30.5. The second kappa shape index (κ2) is 19.4. The number of aliphatic hydroxyl groups is 2. The van der Waals surface area contributed by atoms with E-state index < -0.39 is 58.1 Å². The maximum Gasteiger partial charge on any atom is 0.245 e. The minimum Gasteiger partial charge on any atom is -0.394 e. The van der Waals surface area contributed by atoms with Gasteiger partial charge in [-0.15, -0.1) is 11.8 Å². The average Bonchev–Trinajstić information content (AvgIpc) is 3.50. The number of benzene rings is 4. The lowest BCUT2D eigenvalue weighted by molar-refractivity contribution is -0.129. The van der Waals surface area contributed by atoms with Gasteiger partial charge in [0.15, 0.2) is 0 Å². The lowest BCUT2D eigenvalue weighted by Gasteiger charge is -2.29. The van der Waals surface area contributed by atoms with Crippen molar-refractivity contribution in [3.63, 3.8) is 0 Å². The van der Waals surface area contributed by atoms with Crippen molar-refractivity contribution in [2.24, 2.45) is 0 Å². The molecule has 12 heteroatoms. The molecule has 0 radical (unpaired) electrons. The Morgan fingerprint density at radius 1 is 0.741 bits per heavy atom. The number of hydrogen-bond donors (Lipinski definition) is 7. The number of nitrogens with one attached hydrogen (secondary N) is 5. The zero-order chi connectivity index (χ0) is 38.5. The second-order valence-corrected chi connectivity index (χ2v) is 15.7. The van der Waals surface area contributed by atoms with Gasteiger partial charge in [-0.25, -0.2) is 0 Å². The Labute approximate surface area is 320 Å². The second-order valence-electron chi connectivity index (χ2n) is 13.9. The molecule has 1 aliphatic heterocycles. The van der Waals surface area contributed by atoms with Crippen LogP contribution in [0.4, 0.5) is 0 Å². The molecule has 284 valence electrons. The summed E-state index contributed by atoms with van der Waals surface area (Å²) in [5.74, 6) is -1.65. The summed E-state index contributed by atoms with van der Waals surface area (Å²) in [6.07, 6.45) is -1.28. The number of carbonyl (C=O) groups excluding carboxylic acids is 4. The predicted molar refractivity (Wildman–Crippen MR) is 210 cm³/mol. The molecule has 0 unspecified atom stereocenters. The molecule has 4 aromatic carbocycles. The van der Waals surface area contributed by atoms with Gasteiger partial charge >= 0.3 is 0 Å². The number of carbonyl (C=O) groups is 4. The van der Waals surface area contributed by atoms with Gasteiger partial charge in [0.2, 0.25) is 23.6 Å². The van der Waals surface area contributed by atoms with E-state index in [0.717, 1.165) is 22.3 Å². The average molecular weight is 752 g/mol. The van der Waals surface area contributed by atoms with Crippen LogP contribution in [0.1, 0.15) is 48.6 Å². The van der Waals surface area contributed by atoms with Crippen molar-refractivity contribution in [2.45, 2.75) is 80.0 Å². The lowest BCUT2D eigenvalue weighted by atomic mass is 9.96. The molecule has 6 atom stereocenters. The SMILES string of the molecule is CC1(C)S[C@H]([C@H](NC(=O)Cc2ccccc2)C(=O)NCc2ccccc2)N[C@H]1C(=O)N[C@H](Cc1ccccc1)[C@H](O)CC(=O)N[C@@H](CO)c1ccccc1. The van der Waals surface area contributed by atoms with Crippen molar-refractivity contribution >= 4 is 35.4 Å². The van der Waals surface area contributed by atoms with Crippen LogP contribution in [0.2, 0.25) is 0 Å². The van der Waals surface area contributed by atoms with Crippen LogP contribution < -0.4 is 26.6 Å². The quantitative estimate of drug-likeness (QED) is 0.0864. The van der Waals surface area contributed by atoms with E-state index in [4.69, 9.17) is 0 Å². The van der Waals surface area contributed by atoms with Gasteiger partial charge in [0.25, 0.3) is 0 Å². The van der Waals surface area contributed by atoms with Crippen LogP contribution in [0.3, 0.4) is 0 Å². The Morgan fingerprint density at radius 3 is 1.89 bits per heavy atom. The minimum atomic E-state index is -1.27. The van der Waals surface area contributed by atoms with Crippen LogP contribution in [-0.2, 0) is 38.6 Å². The fraction of sp³-hybridized carbons (Fsp3) is 0.333. The van der Waals surface area contributed by atoms with Gasteiger partial charge in [-0.3, -0.25) is 24.5 Å². The van der Waals surface area contributed by atoms with Crippen LogP contribution in [0.25, 0.3) is 0 Å². The van der Waals surface area contributed by atoms with Gasteiger partial charge in [-0.05, 0) is 42.5 Å². The number of thioether (sulfide) groups is 1. The first-order chi connectivity index (χ1) is 26.0. The first kappa shape index (κ1) is 40.2. The lowest BCUT2D eigenvalue weighted by Crippen LogP contribution is -2.59. The van der Waals surface area contributed by atoms with Crippen LogP contribution >= 0.6 is 11.8 Å². The van der Waals surface area contributed by atoms with Crippen molar-refractivity contribution in [1.82, 2.24) is 26.6 Å². The van der Waals surface area contributed by atoms with Gasteiger partial charge in [0, 0.05) is 11.3 Å². The number of hydrogen-bond acceptors (Lipinski definition) is 8. The molecular formula is C42H49N5O6S. The van der Waals surface area contributed by atoms with Crippen molar-refractivity contribution in [2.75, 3.05) is 6.61 Å². The molecule has 0 spiro atoms. The molecule has 5 rings (SSSR count). The Hall–Kier alpha value is -5.01. The highest BCUT2D eigenvalue weighted by Crippen LogP contribution is 2.39. The molecule has 1 fully saturated rings. The van der Waals surface area contributed by atoms with Gasteiger partial charge in [0.1, 0.15) is 12.1 Å². The first-order valence-electron chi connectivity index (χ1n) is 18.1. The van der Waals surface area contributed by atoms with Crippen molar-refractivity contribution in [1.29, 1.82) is 0 Å². The van der Waals surface area contributed by atoms with E-state index in [1.54, 1.807) is 12.1 Å². The molecule has 1 saturated heterocycles. The number of amides is 4. The maximum atomic E-state index is 14.2. The van der Waals surface area contributed by atoms with E-state index >= 15 is 0 Å². The van der Waals surface area contributed by atoms with Gasteiger partial charge in [-0.2, -0.15) is 0 Å². The van der Waals surface area contributed by atoms with Crippen LogP contribution in [0.15, 0.2) is 121 Å². The molecule has 7 N–H and O–H groups in total. The minimum absolute atomic E-state index is 0.0744. The maximum absolute atomic E-state index is 14.2. The van der Waals surface area contributed by atoms with Crippen molar-refractivity contribution in [3.05, 3.63) is 144 Å². The monoisotopic (exact) mass is 751 g/mol. The highest BCUT2D eigenvalue weighted by atomic mass is 32.2. The standard InChI is InChI=1S/C42H49N5O6S/c1-42(2)38(47-41(54-42)37(39(52)43-26-30-19-11-5-12-20-30)46-35(50)24-29-17-9-4-10-18-29)40(53)45-32(23-28-15-7-3-8-16-28)34(49)25-36(51)44-33(27-48)31-21-13-6-14-22-31/h3-22,32-34,37-38,41,47-49H,23-27H2,1-2H3,(H,43,52)(H,44,51)(H,45,53)(H,46,50)/t32-,33+,34-,37-,38+,41-/m1/s1. The summed E-state index contributed by atoms with van der Waals surface area (Å²) in [6, 6.07) is 33.7. The molecule has 1 heterocycles. The molecule has 0 aliphatic carbocycles. The molecule has 0 bridgehead atoms. The summed E-state index contributed by atoms with van der Waals surface area (Å²) in [4.78, 5) is 54.4. The van der Waals surface area contributed by atoms with E-state index in [0.29, 0.717) is 0 Å². The van der Waals surface area contributed by atoms with E-state index in [2.05, 4.69) is 26.6 Å². The highest BCUT2D eigenvalue weighted by molar-refractivity contribution is 8.01. The fourth-order valence-electron chi connectivity index (χ4n) is 6.45. The summed E-state index contributed by atoms with van der Waals surface area (Å²) in [5, 5.41) is 35.7. The van der Waals surface area contributed by atoms with E-state index in [1.165, 1.54) is 11.8 Å². The Morgan fingerprint density at radius 2 is 1.30 bits per heavy atom. The normalized spacial score (nSPS) is 18.4. The number of rotatable bonds is 17. The van der Waals surface area contributed by atoms with Gasteiger partial charge in [0.05, 0.1) is 43.0 Å². The molecule has 4 amide bonds. The molecule has 0 saturated carbocycles. The molecule has 1 aliphatic rings. The summed E-state index contributed by atoms with van der Waals surface area (Å²) in [6.45, 7) is 3.70. The fourth-order valence-corrected chi connectivity index (χ4v) is 7.95. The van der Waals surface area contributed by atoms with Crippen molar-refractivity contribution < 1.29 is 29.4 Å². The molecule has 0 aromatic heterocycles. The molecule has 54 heavy (non-hydrogen) atoms. The van der Waals surface area contributed by atoms with E-state index in [-0.39, 0.29) is 38.3 Å². The molecule has 11 nitrogen and oxygen atoms in total. The smallest absolute Gasteiger partial charge is 0.245 e. The van der Waals surface area contributed by atoms with E-state index in [9.17, 15) is 29.4 Å². The van der Waals surface area contributed by atoms with Gasteiger partial charge < -0.3 is 31.5 Å². The summed E-state index contributed by atoms with van der Waals surface area (Å²) < 4.78 is -0.749. The van der Waals surface area contributed by atoms with Gasteiger partial charge in [-0.1, -0.05) is 121 Å². The Kier molecular flexibility index (Phi) is 14.4. The highest BCUT2D eigenvalue weighted by Gasteiger charge is 2.49. The van der Waals surface area contributed by atoms with E-state index in [1.807, 2.05) is 123 Å². The molecule has 4 aromatic rings. The summed E-state index contributed by atoms with van der Waals surface area (Å²) >= 11 is 1.37. The topological polar surface area (TPSA) is 169 Å². The Bertz CT molecular complexity index is 1820. The van der Waals surface area contributed by atoms with Crippen molar-refractivity contribution in [3.8, 4) is 0 Å². The Balaban J connectivity index is 1.30. The first-order valence-corrected chi connectivity index (χ1v) is 19.0. The largest absolute Gasteiger partial charge is 0.394 e. The zero-order valence-corrected chi connectivity index (χ0v) is 31.3. The third-order valence-corrected chi connectivity index (χ3v) is 10.8. The summed E-state index contributed by atoms with van der Waals surface area (Å²) in [5.41, 5.74) is 3.27. The predicted octanol–water partition coefficient (Wildman–Crippen LogP) is 3.17. The summed E-state index contributed by atoms with van der Waals surface area (Å²) in [7, 11) is 0. The third kappa shape index (κ3) is 11.5. The number of aliphatic hydroxyl groups excluding tert-OH is 2. The van der Waals surface area contributed by atoms with Crippen LogP contribution in [0, 0.1) is 0 Å². The molecular weight excluding hydrogens is 703 g/mol. The van der Waals surface area contributed by atoms with Crippen LogP contribution in [0.5, 0.6) is 0 Å². The third-order valence-electron chi connectivity index (χ3n) is 9.34. The van der Waals surface area contributed by atoms with Crippen LogP contribution in [-0.4, -0.2) is 74.8 Å².